The molecule has 0 aliphatic rings. The van der Waals surface area contributed by atoms with Crippen molar-refractivity contribution in [3.05, 3.63) is 58.6 Å². The van der Waals surface area contributed by atoms with Gasteiger partial charge in [-0.25, -0.2) is 0 Å². The molecule has 2 rings (SSSR count). The maximum absolute atomic E-state index is 6.28. The van der Waals surface area contributed by atoms with E-state index in [0.717, 1.165) is 23.5 Å². The summed E-state index contributed by atoms with van der Waals surface area (Å²) < 4.78 is 6.07. The lowest BCUT2D eigenvalue weighted by atomic mass is 10.1. The quantitative estimate of drug-likeness (QED) is 0.874. The summed E-state index contributed by atoms with van der Waals surface area (Å²) >= 11 is 6.28. The van der Waals surface area contributed by atoms with E-state index >= 15 is 0 Å². The molecule has 1 unspecified atom stereocenters. The van der Waals surface area contributed by atoms with Gasteiger partial charge >= 0.3 is 0 Å². The zero-order valence-electron chi connectivity index (χ0n) is 11.9. The number of hydrogen-bond donors (Lipinski definition) is 1. The first-order valence-electron chi connectivity index (χ1n) is 6.90. The summed E-state index contributed by atoms with van der Waals surface area (Å²) in [6.07, 6.45) is 1.63. The van der Waals surface area contributed by atoms with Crippen LogP contribution in [0.4, 0.5) is 0 Å². The van der Waals surface area contributed by atoms with Crippen molar-refractivity contribution in [1.82, 2.24) is 0 Å². The SMILES string of the molecule is CCc1ccccc1Oc1cccc(Cl)c1CC(C)N. The molecule has 0 bridgehead atoms. The molecule has 0 fully saturated rings. The molecule has 0 heterocycles. The molecule has 1 atom stereocenters. The fraction of sp³-hybridized carbons (Fsp3) is 0.294. The monoisotopic (exact) mass is 289 g/mol. The number of aryl methyl sites for hydroxylation is 1. The van der Waals surface area contributed by atoms with Crippen molar-refractivity contribution in [1.29, 1.82) is 0 Å². The summed E-state index contributed by atoms with van der Waals surface area (Å²) in [5.41, 5.74) is 8.04. The van der Waals surface area contributed by atoms with Crippen molar-refractivity contribution >= 4 is 11.6 Å². The molecule has 0 aliphatic carbocycles. The number of benzene rings is 2. The Bertz CT molecular complexity index is 581. The number of nitrogens with two attached hydrogens (primary N) is 1. The van der Waals surface area contributed by atoms with Crippen LogP contribution in [0.15, 0.2) is 42.5 Å². The second-order valence-electron chi connectivity index (χ2n) is 4.96. The normalized spacial score (nSPS) is 12.2. The zero-order valence-corrected chi connectivity index (χ0v) is 12.7. The van der Waals surface area contributed by atoms with Gasteiger partial charge in [-0.15, -0.1) is 0 Å². The molecule has 3 heteroatoms. The van der Waals surface area contributed by atoms with Gasteiger partial charge in [0.25, 0.3) is 0 Å². The van der Waals surface area contributed by atoms with Crippen LogP contribution in [0.1, 0.15) is 25.0 Å². The predicted octanol–water partition coefficient (Wildman–Crippen LogP) is 4.58. The minimum Gasteiger partial charge on any atom is -0.457 e. The maximum Gasteiger partial charge on any atom is 0.132 e. The van der Waals surface area contributed by atoms with Gasteiger partial charge in [-0.2, -0.15) is 0 Å². The molecule has 0 aliphatic heterocycles. The van der Waals surface area contributed by atoms with E-state index in [0.29, 0.717) is 11.4 Å². The Balaban J connectivity index is 2.35. The van der Waals surface area contributed by atoms with Crippen LogP contribution < -0.4 is 10.5 Å². The molecule has 0 amide bonds. The fourth-order valence-electron chi connectivity index (χ4n) is 2.17. The largest absolute Gasteiger partial charge is 0.457 e. The van der Waals surface area contributed by atoms with Crippen LogP contribution in [0.5, 0.6) is 11.5 Å². The molecular formula is C17H20ClNO. The molecule has 106 valence electrons. The lowest BCUT2D eigenvalue weighted by Crippen LogP contribution is -2.18. The molecule has 0 saturated heterocycles. The number of halogens is 1. The van der Waals surface area contributed by atoms with E-state index in [1.807, 2.05) is 43.3 Å². The van der Waals surface area contributed by atoms with Gasteiger partial charge in [-0.1, -0.05) is 42.8 Å². The third-order valence-corrected chi connectivity index (χ3v) is 3.53. The highest BCUT2D eigenvalue weighted by atomic mass is 35.5. The van der Waals surface area contributed by atoms with Crippen LogP contribution in [0.25, 0.3) is 0 Å². The zero-order chi connectivity index (χ0) is 14.5. The molecule has 2 aromatic carbocycles. The summed E-state index contributed by atoms with van der Waals surface area (Å²) in [6, 6.07) is 13.8. The van der Waals surface area contributed by atoms with Crippen molar-refractivity contribution in [2.24, 2.45) is 5.73 Å². The second-order valence-corrected chi connectivity index (χ2v) is 5.37. The first-order chi connectivity index (χ1) is 9.61. The van der Waals surface area contributed by atoms with Gasteiger partial charge in [0.2, 0.25) is 0 Å². The molecule has 2 nitrogen and oxygen atoms in total. The summed E-state index contributed by atoms with van der Waals surface area (Å²) in [4.78, 5) is 0. The first-order valence-corrected chi connectivity index (χ1v) is 7.28. The van der Waals surface area contributed by atoms with Crippen molar-refractivity contribution in [3.8, 4) is 11.5 Å². The van der Waals surface area contributed by atoms with Crippen LogP contribution >= 0.6 is 11.6 Å². The highest BCUT2D eigenvalue weighted by Gasteiger charge is 2.12. The van der Waals surface area contributed by atoms with Crippen molar-refractivity contribution < 1.29 is 4.74 Å². The van der Waals surface area contributed by atoms with Crippen LogP contribution in [0, 0.1) is 0 Å². The van der Waals surface area contributed by atoms with E-state index in [1.54, 1.807) is 0 Å². The van der Waals surface area contributed by atoms with E-state index in [2.05, 4.69) is 13.0 Å². The van der Waals surface area contributed by atoms with Gasteiger partial charge in [0.1, 0.15) is 11.5 Å². The van der Waals surface area contributed by atoms with E-state index in [9.17, 15) is 0 Å². The highest BCUT2D eigenvalue weighted by molar-refractivity contribution is 6.31. The molecule has 0 saturated carbocycles. The average Bonchev–Trinajstić information content (AvgIpc) is 2.43. The van der Waals surface area contributed by atoms with Crippen LogP contribution in [0.2, 0.25) is 5.02 Å². The Hall–Kier alpha value is -1.51. The van der Waals surface area contributed by atoms with Gasteiger partial charge < -0.3 is 10.5 Å². The minimum absolute atomic E-state index is 0.0404. The summed E-state index contributed by atoms with van der Waals surface area (Å²) in [6.45, 7) is 4.08. The van der Waals surface area contributed by atoms with Gasteiger partial charge in [0.05, 0.1) is 0 Å². The number of para-hydroxylation sites is 1. The van der Waals surface area contributed by atoms with Gasteiger partial charge in [-0.3, -0.25) is 0 Å². The van der Waals surface area contributed by atoms with Crippen LogP contribution in [-0.4, -0.2) is 6.04 Å². The standard InChI is InChI=1S/C17H20ClNO/c1-3-13-7-4-5-9-16(13)20-17-10-6-8-15(18)14(17)11-12(2)19/h4-10,12H,3,11,19H2,1-2H3. The Morgan fingerprint density at radius 3 is 2.50 bits per heavy atom. The maximum atomic E-state index is 6.28. The Morgan fingerprint density at radius 2 is 1.80 bits per heavy atom. The third kappa shape index (κ3) is 3.53. The van der Waals surface area contributed by atoms with Crippen LogP contribution in [0.3, 0.4) is 0 Å². The molecular weight excluding hydrogens is 270 g/mol. The highest BCUT2D eigenvalue weighted by Crippen LogP contribution is 2.32. The van der Waals surface area contributed by atoms with E-state index in [1.165, 1.54) is 5.56 Å². The van der Waals surface area contributed by atoms with E-state index in [4.69, 9.17) is 22.1 Å². The Kier molecular flexibility index (Phi) is 5.05. The topological polar surface area (TPSA) is 35.2 Å². The number of hydrogen-bond acceptors (Lipinski definition) is 2. The van der Waals surface area contributed by atoms with E-state index in [-0.39, 0.29) is 6.04 Å². The number of rotatable bonds is 5. The molecule has 20 heavy (non-hydrogen) atoms. The summed E-state index contributed by atoms with van der Waals surface area (Å²) in [7, 11) is 0. The first kappa shape index (κ1) is 14.9. The van der Waals surface area contributed by atoms with E-state index < -0.39 is 0 Å². The van der Waals surface area contributed by atoms with Gasteiger partial charge in [0.15, 0.2) is 0 Å². The molecule has 2 aromatic rings. The molecule has 0 radical (unpaired) electrons. The molecule has 2 N–H and O–H groups in total. The van der Waals surface area contributed by atoms with Crippen LogP contribution in [-0.2, 0) is 12.8 Å². The van der Waals surface area contributed by atoms with Crippen molar-refractivity contribution in [2.45, 2.75) is 32.7 Å². The Morgan fingerprint density at radius 1 is 1.10 bits per heavy atom. The Labute approximate surface area is 125 Å². The minimum atomic E-state index is 0.0404. The van der Waals surface area contributed by atoms with Gasteiger partial charge in [0, 0.05) is 16.6 Å². The van der Waals surface area contributed by atoms with Crippen molar-refractivity contribution in [2.75, 3.05) is 0 Å². The average molecular weight is 290 g/mol. The second kappa shape index (κ2) is 6.78. The third-order valence-electron chi connectivity index (χ3n) is 3.18. The molecule has 0 spiro atoms. The fourth-order valence-corrected chi connectivity index (χ4v) is 2.41. The van der Waals surface area contributed by atoms with Crippen molar-refractivity contribution in [3.63, 3.8) is 0 Å². The predicted molar refractivity (Wildman–Crippen MR) is 84.7 cm³/mol. The number of ether oxygens (including phenoxy) is 1. The smallest absolute Gasteiger partial charge is 0.132 e. The van der Waals surface area contributed by atoms with Gasteiger partial charge in [-0.05, 0) is 43.5 Å². The lowest BCUT2D eigenvalue weighted by molar-refractivity contribution is 0.468. The summed E-state index contributed by atoms with van der Waals surface area (Å²) in [5, 5.41) is 0.703. The molecule has 0 aromatic heterocycles. The lowest BCUT2D eigenvalue weighted by Gasteiger charge is -2.16. The summed E-state index contributed by atoms with van der Waals surface area (Å²) in [5.74, 6) is 1.67.